The van der Waals surface area contributed by atoms with E-state index in [1.54, 1.807) is 47.8 Å². The van der Waals surface area contributed by atoms with Crippen LogP contribution in [0.15, 0.2) is 87.6 Å². The summed E-state index contributed by atoms with van der Waals surface area (Å²) in [5.74, 6) is -0.489. The van der Waals surface area contributed by atoms with Gasteiger partial charge in [-0.05, 0) is 48.9 Å². The fourth-order valence-corrected chi connectivity index (χ4v) is 5.55. The third-order valence-corrected chi connectivity index (χ3v) is 7.84. The van der Waals surface area contributed by atoms with Gasteiger partial charge < -0.3 is 4.90 Å². The summed E-state index contributed by atoms with van der Waals surface area (Å²) in [5, 5.41) is 0.335. The van der Waals surface area contributed by atoms with Crippen molar-refractivity contribution in [1.82, 2.24) is 4.90 Å². The van der Waals surface area contributed by atoms with Gasteiger partial charge in [0.1, 0.15) is 6.17 Å². The van der Waals surface area contributed by atoms with Crippen LogP contribution in [-0.2, 0) is 4.79 Å². The molecule has 0 aromatic heterocycles. The van der Waals surface area contributed by atoms with Crippen LogP contribution in [0.4, 0.5) is 21.9 Å². The Labute approximate surface area is 229 Å². The predicted octanol–water partition coefficient (Wildman–Crippen LogP) is 6.98. The number of carbonyl (C=O) groups is 2. The molecule has 0 radical (unpaired) electrons. The number of rotatable bonds is 8. The summed E-state index contributed by atoms with van der Waals surface area (Å²) in [6, 6.07) is 22.3. The van der Waals surface area contributed by atoms with Crippen LogP contribution in [0, 0.1) is 0 Å². The molecule has 36 heavy (non-hydrogen) atoms. The van der Waals surface area contributed by atoms with Crippen molar-refractivity contribution < 1.29 is 9.59 Å². The van der Waals surface area contributed by atoms with E-state index < -0.39 is 18.1 Å². The number of carbonyl (C=O) groups excluding carboxylic acids is 2. The molecular weight excluding hydrogens is 535 g/mol. The average molecular weight is 560 g/mol. The SMILES string of the molecule is CSc1ccccc1N(c1ccccc1SC)C(CCl)/N=C1\C(=O)N(C)C(=O)N1c1ccccc1Cl. The van der Waals surface area contributed by atoms with Crippen LogP contribution in [0.1, 0.15) is 0 Å². The number of nitrogens with zero attached hydrogens (tertiary/aromatic N) is 4. The number of urea groups is 1. The number of benzene rings is 3. The maximum Gasteiger partial charge on any atom is 0.337 e. The molecule has 1 aliphatic heterocycles. The second kappa shape index (κ2) is 11.6. The van der Waals surface area contributed by atoms with Crippen LogP contribution < -0.4 is 9.80 Å². The molecule has 3 amide bonds. The lowest BCUT2D eigenvalue weighted by atomic mass is 10.2. The van der Waals surface area contributed by atoms with Gasteiger partial charge in [0.05, 0.1) is 28.0 Å². The van der Waals surface area contributed by atoms with E-state index in [-0.39, 0.29) is 11.7 Å². The summed E-state index contributed by atoms with van der Waals surface area (Å²) in [6.07, 6.45) is 3.31. The first kappa shape index (κ1) is 26.4. The number of halogens is 2. The fourth-order valence-electron chi connectivity index (χ4n) is 3.95. The van der Waals surface area contributed by atoms with Crippen molar-refractivity contribution in [2.24, 2.45) is 4.99 Å². The number of thioether (sulfide) groups is 2. The number of likely N-dealkylation sites (N-methyl/N-ethyl adjacent to an activating group) is 1. The van der Waals surface area contributed by atoms with Gasteiger partial charge in [-0.3, -0.25) is 9.69 Å². The molecule has 1 heterocycles. The Balaban J connectivity index is 1.92. The van der Waals surface area contributed by atoms with Gasteiger partial charge in [-0.1, -0.05) is 48.0 Å². The number of amidine groups is 1. The number of hydrogen-bond acceptors (Lipinski definition) is 6. The minimum atomic E-state index is -0.698. The molecule has 1 aliphatic rings. The molecule has 1 saturated heterocycles. The first-order valence-electron chi connectivity index (χ1n) is 11.0. The van der Waals surface area contributed by atoms with Gasteiger partial charge in [-0.25, -0.2) is 14.7 Å². The third-order valence-electron chi connectivity index (χ3n) is 5.68. The molecule has 0 saturated carbocycles. The Morgan fingerprint density at radius 3 is 1.94 bits per heavy atom. The van der Waals surface area contributed by atoms with E-state index in [2.05, 4.69) is 0 Å². The molecule has 1 fully saturated rings. The standard InChI is InChI=1S/C26H24Cl2N4O2S2/c1-30-25(33)24(32(26(30)34)18-11-5-4-10-17(18)28)29-23(16-27)31(19-12-6-8-14-21(19)35-2)20-13-7-9-15-22(20)36-3/h4-15,23H,16H2,1-3H3/b29-24+. The van der Waals surface area contributed by atoms with Crippen molar-refractivity contribution in [2.45, 2.75) is 16.0 Å². The van der Waals surface area contributed by atoms with Crippen LogP contribution in [0.3, 0.4) is 0 Å². The number of imide groups is 1. The maximum absolute atomic E-state index is 13.2. The topological polar surface area (TPSA) is 56.2 Å². The van der Waals surface area contributed by atoms with E-state index in [0.717, 1.165) is 26.1 Å². The van der Waals surface area contributed by atoms with Crippen molar-refractivity contribution >= 4 is 81.6 Å². The zero-order chi connectivity index (χ0) is 25.8. The van der Waals surface area contributed by atoms with Gasteiger partial charge in [0, 0.05) is 16.8 Å². The first-order chi connectivity index (χ1) is 17.4. The Morgan fingerprint density at radius 1 is 0.889 bits per heavy atom. The smallest absolute Gasteiger partial charge is 0.315 e. The van der Waals surface area contributed by atoms with Crippen molar-refractivity contribution in [3.63, 3.8) is 0 Å². The zero-order valence-electron chi connectivity index (χ0n) is 19.9. The largest absolute Gasteiger partial charge is 0.337 e. The van der Waals surface area contributed by atoms with Crippen LogP contribution in [0.5, 0.6) is 0 Å². The Kier molecular flexibility index (Phi) is 8.51. The van der Waals surface area contributed by atoms with E-state index in [9.17, 15) is 9.59 Å². The number of amides is 3. The zero-order valence-corrected chi connectivity index (χ0v) is 23.0. The molecule has 0 aliphatic carbocycles. The monoisotopic (exact) mass is 558 g/mol. The number of para-hydroxylation sites is 3. The van der Waals surface area contributed by atoms with Gasteiger partial charge >= 0.3 is 6.03 Å². The lowest BCUT2D eigenvalue weighted by Gasteiger charge is -2.33. The highest BCUT2D eigenvalue weighted by Gasteiger charge is 2.43. The molecule has 186 valence electrons. The average Bonchev–Trinajstić information content (AvgIpc) is 3.12. The van der Waals surface area contributed by atoms with E-state index in [0.29, 0.717) is 10.7 Å². The molecule has 10 heteroatoms. The number of aliphatic imine (C=N–C) groups is 1. The summed E-state index contributed by atoms with van der Waals surface area (Å²) in [5.41, 5.74) is 2.18. The van der Waals surface area contributed by atoms with Crippen LogP contribution in [0.2, 0.25) is 5.02 Å². The first-order valence-corrected chi connectivity index (χ1v) is 14.3. The molecule has 6 nitrogen and oxygen atoms in total. The van der Waals surface area contributed by atoms with Crippen molar-refractivity contribution in [3.8, 4) is 0 Å². The van der Waals surface area contributed by atoms with Crippen molar-refractivity contribution in [1.29, 1.82) is 0 Å². The molecule has 3 aromatic carbocycles. The van der Waals surface area contributed by atoms with Crippen molar-refractivity contribution in [2.75, 3.05) is 35.2 Å². The lowest BCUT2D eigenvalue weighted by Crippen LogP contribution is -2.37. The molecule has 3 aromatic rings. The molecule has 4 rings (SSSR count). The number of anilines is 3. The fraction of sp³-hybridized carbons (Fsp3) is 0.192. The third kappa shape index (κ3) is 4.95. The molecule has 0 bridgehead atoms. The Morgan fingerprint density at radius 2 is 1.42 bits per heavy atom. The quantitative estimate of drug-likeness (QED) is 0.169. The minimum Gasteiger partial charge on any atom is -0.315 e. The summed E-state index contributed by atoms with van der Waals surface area (Å²) in [6.45, 7) is 0. The molecule has 0 N–H and O–H groups in total. The van der Waals surface area contributed by atoms with Gasteiger partial charge in [0.25, 0.3) is 5.91 Å². The maximum atomic E-state index is 13.2. The molecule has 0 spiro atoms. The second-order valence-electron chi connectivity index (χ2n) is 7.73. The summed E-state index contributed by atoms with van der Waals surface area (Å²) in [7, 11) is 1.43. The summed E-state index contributed by atoms with van der Waals surface area (Å²) >= 11 is 16.2. The van der Waals surface area contributed by atoms with Gasteiger partial charge in [0.2, 0.25) is 5.84 Å². The van der Waals surface area contributed by atoms with Crippen LogP contribution >= 0.6 is 46.7 Å². The van der Waals surface area contributed by atoms with Crippen LogP contribution in [-0.4, -0.2) is 54.3 Å². The molecular formula is C26H24Cl2N4O2S2. The normalized spacial score (nSPS) is 15.6. The lowest BCUT2D eigenvalue weighted by molar-refractivity contribution is -0.119. The van der Waals surface area contributed by atoms with E-state index >= 15 is 0 Å². The van der Waals surface area contributed by atoms with Gasteiger partial charge in [0.15, 0.2) is 0 Å². The Bertz CT molecular complexity index is 1270. The van der Waals surface area contributed by atoms with Crippen molar-refractivity contribution in [3.05, 3.63) is 77.8 Å². The van der Waals surface area contributed by atoms with Gasteiger partial charge in [-0.15, -0.1) is 35.1 Å². The summed E-state index contributed by atoms with van der Waals surface area (Å²) in [4.78, 5) is 37.5. The minimum absolute atomic E-state index is 0.0329. The van der Waals surface area contributed by atoms with E-state index in [1.807, 2.05) is 65.9 Å². The van der Waals surface area contributed by atoms with Crippen LogP contribution in [0.25, 0.3) is 0 Å². The molecule has 1 atom stereocenters. The highest BCUT2D eigenvalue weighted by atomic mass is 35.5. The van der Waals surface area contributed by atoms with E-state index in [4.69, 9.17) is 28.2 Å². The number of hydrogen-bond donors (Lipinski definition) is 0. The predicted molar refractivity (Wildman–Crippen MR) is 153 cm³/mol. The highest BCUT2D eigenvalue weighted by Crippen LogP contribution is 2.40. The number of alkyl halides is 1. The van der Waals surface area contributed by atoms with Gasteiger partial charge in [-0.2, -0.15) is 0 Å². The second-order valence-corrected chi connectivity index (χ2v) is 10.1. The van der Waals surface area contributed by atoms with E-state index in [1.165, 1.54) is 11.9 Å². The summed E-state index contributed by atoms with van der Waals surface area (Å²) < 4.78 is 0. The Hall–Kier alpha value is -2.65. The molecule has 1 unspecified atom stereocenters. The highest BCUT2D eigenvalue weighted by molar-refractivity contribution is 7.99.